The van der Waals surface area contributed by atoms with Crippen molar-refractivity contribution in [2.45, 2.75) is 100 Å². The van der Waals surface area contributed by atoms with Gasteiger partial charge in [-0.15, -0.1) is 0 Å². The van der Waals surface area contributed by atoms with Gasteiger partial charge in [-0.05, 0) is 81.0 Å². The number of likely N-dealkylation sites (tertiary alicyclic amines) is 1. The number of piperazine rings is 1. The molecule has 310 valence electrons. The second kappa shape index (κ2) is 18.3. The lowest BCUT2D eigenvalue weighted by Gasteiger charge is -2.55. The maximum absolute atomic E-state index is 14.3. The molecule has 4 N–H and O–H groups in total. The van der Waals surface area contributed by atoms with E-state index in [1.807, 2.05) is 23.1 Å². The van der Waals surface area contributed by atoms with Crippen molar-refractivity contribution in [3.8, 4) is 0 Å². The molecule has 12 nitrogen and oxygen atoms in total. The van der Waals surface area contributed by atoms with Crippen molar-refractivity contribution in [2.24, 2.45) is 5.92 Å². The minimum atomic E-state index is -0.857. The molecule has 14 heteroatoms. The second-order valence-electron chi connectivity index (χ2n) is 17.1. The highest BCUT2D eigenvalue weighted by atomic mass is 19.1. The van der Waals surface area contributed by atoms with Crippen LogP contribution in [0.15, 0.2) is 42.5 Å². The summed E-state index contributed by atoms with van der Waals surface area (Å²) < 4.78 is 33.7. The average Bonchev–Trinajstić information content (AvgIpc) is 3.24. The van der Waals surface area contributed by atoms with Gasteiger partial charge < -0.3 is 30.3 Å². The highest BCUT2D eigenvalue weighted by Gasteiger charge is 2.50. The van der Waals surface area contributed by atoms with Crippen LogP contribution in [-0.4, -0.2) is 126 Å². The van der Waals surface area contributed by atoms with Gasteiger partial charge >= 0.3 is 5.97 Å². The summed E-state index contributed by atoms with van der Waals surface area (Å²) >= 11 is 0. The SMILES string of the molecule is O=C(O)CNC12CCC(CN3CCN(C(=O)C(NC(=O)c4cccc(C5CCCN(C(=O)CNCc6ccc(F)cc6F)C5)c4)C4CCCCC4)CC3)(CC1)OC2. The van der Waals surface area contributed by atoms with Gasteiger partial charge in [0.15, 0.2) is 0 Å². The van der Waals surface area contributed by atoms with Crippen molar-refractivity contribution < 1.29 is 37.8 Å². The molecule has 6 aliphatic rings. The number of benzene rings is 2. The van der Waals surface area contributed by atoms with Gasteiger partial charge in [0.25, 0.3) is 5.91 Å². The highest BCUT2D eigenvalue weighted by Crippen LogP contribution is 2.44. The molecular formula is C43H58F2N6O6. The first-order chi connectivity index (χ1) is 27.5. The summed E-state index contributed by atoms with van der Waals surface area (Å²) in [4.78, 5) is 58.6. The molecule has 2 unspecified atom stereocenters. The zero-order chi connectivity index (χ0) is 40.0. The molecule has 6 fully saturated rings. The summed E-state index contributed by atoms with van der Waals surface area (Å²) in [5.74, 6) is -2.40. The predicted octanol–water partition coefficient (Wildman–Crippen LogP) is 4.04. The molecule has 4 aliphatic heterocycles. The van der Waals surface area contributed by atoms with E-state index in [1.165, 1.54) is 12.1 Å². The first kappa shape index (κ1) is 41.2. The number of carbonyl (C=O) groups is 4. The minimum Gasteiger partial charge on any atom is -0.480 e. The lowest BCUT2D eigenvalue weighted by Crippen LogP contribution is -2.65. The highest BCUT2D eigenvalue weighted by molar-refractivity contribution is 5.98. The molecule has 8 rings (SSSR count). The van der Waals surface area contributed by atoms with E-state index in [2.05, 4.69) is 20.9 Å². The van der Waals surface area contributed by atoms with E-state index in [4.69, 9.17) is 9.84 Å². The van der Waals surface area contributed by atoms with Gasteiger partial charge in [-0.2, -0.15) is 0 Å². The number of carbonyl (C=O) groups excluding carboxylic acids is 3. The summed E-state index contributed by atoms with van der Waals surface area (Å²) in [6.07, 6.45) is 10.3. The number of nitrogens with zero attached hydrogens (tertiary/aromatic N) is 3. The number of piperidine rings is 1. The van der Waals surface area contributed by atoms with E-state index < -0.39 is 23.6 Å². The van der Waals surface area contributed by atoms with Crippen molar-refractivity contribution in [3.05, 3.63) is 70.8 Å². The lowest BCUT2D eigenvalue weighted by atomic mass is 9.71. The number of aliphatic carboxylic acids is 1. The van der Waals surface area contributed by atoms with Gasteiger partial charge in [0.2, 0.25) is 11.8 Å². The number of carboxylic acid groups (broad SMARTS) is 1. The van der Waals surface area contributed by atoms with Crippen molar-refractivity contribution in [2.75, 3.05) is 65.5 Å². The van der Waals surface area contributed by atoms with Gasteiger partial charge in [0.1, 0.15) is 17.7 Å². The van der Waals surface area contributed by atoms with Crippen LogP contribution in [0.2, 0.25) is 0 Å². The lowest BCUT2D eigenvalue weighted by molar-refractivity contribution is -0.174. The fraction of sp³-hybridized carbons (Fsp3) is 0.628. The molecule has 2 aromatic rings. The largest absolute Gasteiger partial charge is 0.480 e. The van der Waals surface area contributed by atoms with Crippen LogP contribution < -0.4 is 16.0 Å². The van der Waals surface area contributed by atoms with Crippen molar-refractivity contribution in [1.29, 1.82) is 0 Å². The molecule has 0 aromatic heterocycles. The van der Waals surface area contributed by atoms with Gasteiger partial charge in [-0.3, -0.25) is 29.4 Å². The molecule has 0 radical (unpaired) electrons. The van der Waals surface area contributed by atoms with Gasteiger partial charge in [-0.25, -0.2) is 8.78 Å². The molecular weight excluding hydrogens is 735 g/mol. The normalized spacial score (nSPS) is 26.2. The third kappa shape index (κ3) is 10.2. The standard InChI is InChI=1S/C43H58F2N6O6/c44-35-12-11-33(36(45)23-35)24-46-25-37(52)51-17-5-10-34(27-51)31-8-4-9-32(22-31)40(55)48-39(30-6-2-1-3-7-30)41(56)50-20-18-49(19-21-50)28-43-15-13-42(14-16-43,29-57-43)47-26-38(53)54/h4,8-9,11-12,22-23,30,34,39,46-47H,1-3,5-7,10,13-21,24-29H2,(H,48,55)(H,53,54). The van der Waals surface area contributed by atoms with Gasteiger partial charge in [-0.1, -0.05) is 37.5 Å². The number of halogens is 2. The monoisotopic (exact) mass is 792 g/mol. The molecule has 4 saturated heterocycles. The molecule has 2 bridgehead atoms. The van der Waals surface area contributed by atoms with Crippen LogP contribution >= 0.6 is 0 Å². The summed E-state index contributed by atoms with van der Waals surface area (Å²) in [5, 5.41) is 18.5. The van der Waals surface area contributed by atoms with Gasteiger partial charge in [0.05, 0.1) is 25.3 Å². The van der Waals surface area contributed by atoms with Crippen molar-refractivity contribution >= 4 is 23.7 Å². The zero-order valence-corrected chi connectivity index (χ0v) is 32.9. The second-order valence-corrected chi connectivity index (χ2v) is 17.1. The quantitative estimate of drug-likeness (QED) is 0.223. The Bertz CT molecular complexity index is 1740. The molecule has 2 saturated carbocycles. The Balaban J connectivity index is 0.923. The van der Waals surface area contributed by atoms with E-state index in [1.54, 1.807) is 11.0 Å². The van der Waals surface area contributed by atoms with E-state index in [0.717, 1.165) is 102 Å². The molecule has 0 spiro atoms. The van der Waals surface area contributed by atoms with E-state index >= 15 is 0 Å². The fourth-order valence-corrected chi connectivity index (χ4v) is 9.75. The molecule has 57 heavy (non-hydrogen) atoms. The van der Waals surface area contributed by atoms with Crippen LogP contribution in [0, 0.1) is 17.6 Å². The van der Waals surface area contributed by atoms with Crippen molar-refractivity contribution in [1.82, 2.24) is 30.7 Å². The van der Waals surface area contributed by atoms with Gasteiger partial charge in [0, 0.05) is 81.0 Å². The number of hydrogen-bond donors (Lipinski definition) is 4. The number of hydrogen-bond acceptors (Lipinski definition) is 8. The predicted molar refractivity (Wildman–Crippen MR) is 209 cm³/mol. The maximum atomic E-state index is 14.3. The Hall–Kier alpha value is -3.98. The first-order valence-electron chi connectivity index (χ1n) is 21.0. The molecule has 2 aromatic carbocycles. The zero-order valence-electron chi connectivity index (χ0n) is 32.9. The van der Waals surface area contributed by atoms with Crippen LogP contribution in [0.25, 0.3) is 0 Å². The molecule has 4 heterocycles. The van der Waals surface area contributed by atoms with Crippen LogP contribution in [0.5, 0.6) is 0 Å². The van der Waals surface area contributed by atoms with Crippen molar-refractivity contribution in [3.63, 3.8) is 0 Å². The van der Waals surface area contributed by atoms with Crippen LogP contribution in [0.3, 0.4) is 0 Å². The minimum absolute atomic E-state index is 0.0118. The molecule has 3 amide bonds. The number of amides is 3. The number of ether oxygens (including phenoxy) is 1. The van der Waals surface area contributed by atoms with Crippen LogP contribution in [-0.2, 0) is 25.7 Å². The smallest absolute Gasteiger partial charge is 0.317 e. The first-order valence-corrected chi connectivity index (χ1v) is 21.0. The number of rotatable bonds is 14. The summed E-state index contributed by atoms with van der Waals surface area (Å²) in [6, 6.07) is 10.3. The number of fused-ring (bicyclic) bond motifs is 3. The number of carboxylic acids is 1. The maximum Gasteiger partial charge on any atom is 0.317 e. The summed E-state index contributed by atoms with van der Waals surface area (Å²) in [7, 11) is 0. The number of nitrogens with one attached hydrogen (secondary N) is 3. The third-order valence-electron chi connectivity index (χ3n) is 13.3. The Labute approximate surface area is 334 Å². The van der Waals surface area contributed by atoms with E-state index in [-0.39, 0.29) is 60.3 Å². The van der Waals surface area contributed by atoms with E-state index in [9.17, 15) is 28.0 Å². The molecule has 2 aliphatic carbocycles. The third-order valence-corrected chi connectivity index (χ3v) is 13.3. The Morgan fingerprint density at radius 2 is 1.63 bits per heavy atom. The molecule has 2 atom stereocenters. The Kier molecular flexibility index (Phi) is 13.2. The summed E-state index contributed by atoms with van der Waals surface area (Å²) in [5.41, 5.74) is 1.28. The summed E-state index contributed by atoms with van der Waals surface area (Å²) in [6.45, 7) is 5.16. The van der Waals surface area contributed by atoms with E-state index in [0.29, 0.717) is 43.9 Å². The van der Waals surface area contributed by atoms with Crippen LogP contribution in [0.1, 0.15) is 98.0 Å². The average molecular weight is 793 g/mol. The Morgan fingerprint density at radius 1 is 0.860 bits per heavy atom. The fourth-order valence-electron chi connectivity index (χ4n) is 9.75. The Morgan fingerprint density at radius 3 is 2.33 bits per heavy atom. The van der Waals surface area contributed by atoms with Crippen LogP contribution in [0.4, 0.5) is 8.78 Å². The topological polar surface area (TPSA) is 144 Å².